The van der Waals surface area contributed by atoms with Crippen LogP contribution in [-0.2, 0) is 4.79 Å². The van der Waals surface area contributed by atoms with Crippen LogP contribution in [0.3, 0.4) is 0 Å². The van der Waals surface area contributed by atoms with Gasteiger partial charge in [-0.2, -0.15) is 0 Å². The molecule has 0 aliphatic rings. The first-order valence-electron chi connectivity index (χ1n) is 4.45. The van der Waals surface area contributed by atoms with E-state index in [1.165, 1.54) is 0 Å². The van der Waals surface area contributed by atoms with E-state index in [4.69, 9.17) is 16.0 Å². The number of benzene rings is 1. The Morgan fingerprint density at radius 1 is 1.27 bits per heavy atom. The summed E-state index contributed by atoms with van der Waals surface area (Å²) >= 11 is 5.99. The van der Waals surface area contributed by atoms with Gasteiger partial charge in [-0.1, -0.05) is 23.7 Å². The molecule has 0 saturated carbocycles. The molecule has 2 nitrogen and oxygen atoms in total. The van der Waals surface area contributed by atoms with Crippen molar-refractivity contribution >= 4 is 17.9 Å². The maximum absolute atomic E-state index is 10.3. The van der Waals surface area contributed by atoms with Gasteiger partial charge in [0.1, 0.15) is 5.76 Å². The molecule has 0 unspecified atom stereocenters. The molecule has 2 rings (SSSR count). The van der Waals surface area contributed by atoms with E-state index in [9.17, 15) is 4.79 Å². The van der Waals surface area contributed by atoms with E-state index in [2.05, 4.69) is 0 Å². The van der Waals surface area contributed by atoms with E-state index in [0.29, 0.717) is 10.8 Å². The minimum absolute atomic E-state index is 0.196. The molecule has 1 heterocycles. The van der Waals surface area contributed by atoms with Crippen LogP contribution < -0.4 is 0 Å². The molecule has 0 aliphatic heterocycles. The molecule has 3 heteroatoms. The summed E-state index contributed by atoms with van der Waals surface area (Å²) in [6.07, 6.45) is 1.69. The minimum atomic E-state index is 0.196. The molecule has 0 saturated heterocycles. The molecule has 0 aliphatic carbocycles. The molecule has 0 N–H and O–H groups in total. The Labute approximate surface area is 92.5 Å². The molecule has 0 fully saturated rings. The topological polar surface area (TPSA) is 30.2 Å². The first-order valence-corrected chi connectivity index (χ1v) is 4.83. The van der Waals surface area contributed by atoms with Crippen molar-refractivity contribution in [2.75, 3.05) is 0 Å². The summed E-state index contributed by atoms with van der Waals surface area (Å²) in [5, 5.41) is 0.681. The highest BCUT2D eigenvalue weighted by atomic mass is 35.5. The highest BCUT2D eigenvalue weighted by Gasteiger charge is 2.05. The van der Waals surface area contributed by atoms with Crippen LogP contribution in [0.25, 0.3) is 11.3 Å². The zero-order valence-electron chi connectivity index (χ0n) is 8.08. The summed E-state index contributed by atoms with van der Waals surface area (Å²) in [6.45, 7) is 1.93. The quantitative estimate of drug-likeness (QED) is 0.775. The number of hydrogen-bond acceptors (Lipinski definition) is 2. The monoisotopic (exact) mass is 219 g/mol. The van der Waals surface area contributed by atoms with Gasteiger partial charge in [-0.05, 0) is 30.7 Å². The van der Waals surface area contributed by atoms with Gasteiger partial charge >= 0.3 is 0 Å². The second-order valence-corrected chi connectivity index (χ2v) is 3.64. The molecule has 75 valence electrons. The Kier molecular flexibility index (Phi) is 2.60. The maximum atomic E-state index is 10.3. The van der Waals surface area contributed by atoms with Crippen LogP contribution in [0.1, 0.15) is 11.3 Å². The summed E-state index contributed by atoms with van der Waals surface area (Å²) in [7, 11) is 0. The van der Waals surface area contributed by atoms with Gasteiger partial charge < -0.3 is 4.42 Å². The average molecular weight is 220 g/mol. The first kappa shape index (κ1) is 9.99. The smallest absolute Gasteiger partial charge is 0.271 e. The average Bonchev–Trinajstić information content (AvgIpc) is 2.70. The van der Waals surface area contributed by atoms with Gasteiger partial charge in [0.15, 0.2) is 5.76 Å². The second kappa shape index (κ2) is 3.91. The molecule has 2 aromatic rings. The van der Waals surface area contributed by atoms with Crippen molar-refractivity contribution in [2.45, 2.75) is 6.92 Å². The largest absolute Gasteiger partial charge is 0.452 e. The molecule has 1 aromatic heterocycles. The molecular formula is C12H8ClO2. The molecule has 0 bridgehead atoms. The molecule has 0 amide bonds. The lowest BCUT2D eigenvalue weighted by atomic mass is 10.1. The molecule has 15 heavy (non-hydrogen) atoms. The number of aryl methyl sites for hydroxylation is 1. The summed E-state index contributed by atoms with van der Waals surface area (Å²) in [5.41, 5.74) is 1.86. The minimum Gasteiger partial charge on any atom is -0.452 e. The second-order valence-electron chi connectivity index (χ2n) is 3.23. The lowest BCUT2D eigenvalue weighted by molar-refractivity contribution is 0.525. The molecule has 1 radical (unpaired) electrons. The van der Waals surface area contributed by atoms with Crippen molar-refractivity contribution in [3.63, 3.8) is 0 Å². The third-order valence-corrected chi connectivity index (χ3v) is 2.57. The summed E-state index contributed by atoms with van der Waals surface area (Å²) in [5.74, 6) is 0.817. The Morgan fingerprint density at radius 2 is 2.07 bits per heavy atom. The fourth-order valence-corrected chi connectivity index (χ4v) is 1.47. The van der Waals surface area contributed by atoms with Crippen LogP contribution in [-0.4, -0.2) is 6.29 Å². The van der Waals surface area contributed by atoms with Crippen LogP contribution in [0, 0.1) is 6.92 Å². The van der Waals surface area contributed by atoms with E-state index in [1.807, 2.05) is 25.1 Å². The Morgan fingerprint density at radius 3 is 2.67 bits per heavy atom. The van der Waals surface area contributed by atoms with E-state index in [-0.39, 0.29) is 5.76 Å². The summed E-state index contributed by atoms with van der Waals surface area (Å²) in [6, 6.07) is 8.92. The van der Waals surface area contributed by atoms with Crippen LogP contribution in [0.2, 0.25) is 5.02 Å². The van der Waals surface area contributed by atoms with Crippen LogP contribution in [0.4, 0.5) is 0 Å². The van der Waals surface area contributed by atoms with Gasteiger partial charge in [-0.15, -0.1) is 0 Å². The summed E-state index contributed by atoms with van der Waals surface area (Å²) in [4.78, 5) is 10.3. The third-order valence-electron chi connectivity index (χ3n) is 2.16. The molecular weight excluding hydrogens is 212 g/mol. The van der Waals surface area contributed by atoms with Crippen molar-refractivity contribution in [1.82, 2.24) is 0 Å². The van der Waals surface area contributed by atoms with Crippen molar-refractivity contribution < 1.29 is 9.21 Å². The fourth-order valence-electron chi connectivity index (χ4n) is 1.29. The van der Waals surface area contributed by atoms with Gasteiger partial charge in [-0.25, -0.2) is 0 Å². The van der Waals surface area contributed by atoms with Gasteiger partial charge in [0.25, 0.3) is 6.29 Å². The van der Waals surface area contributed by atoms with E-state index in [1.54, 1.807) is 18.4 Å². The van der Waals surface area contributed by atoms with Crippen molar-refractivity contribution in [3.05, 3.63) is 46.7 Å². The standard InChI is InChI=1S/C12H8ClO2/c1-8-2-3-9(6-11(8)13)12-5-4-10(7-14)15-12/h2-6H,1H3. The van der Waals surface area contributed by atoms with Gasteiger partial charge in [0.05, 0.1) is 0 Å². The highest BCUT2D eigenvalue weighted by molar-refractivity contribution is 6.31. The normalized spacial score (nSPS) is 10.3. The predicted octanol–water partition coefficient (Wildman–Crippen LogP) is 3.37. The van der Waals surface area contributed by atoms with Crippen LogP contribution in [0.5, 0.6) is 0 Å². The number of hydrogen-bond donors (Lipinski definition) is 0. The van der Waals surface area contributed by atoms with E-state index in [0.717, 1.165) is 11.1 Å². The molecule has 0 spiro atoms. The maximum Gasteiger partial charge on any atom is 0.271 e. The third kappa shape index (κ3) is 1.95. The predicted molar refractivity (Wildman–Crippen MR) is 58.7 cm³/mol. The molecule has 0 atom stereocenters. The van der Waals surface area contributed by atoms with Crippen LogP contribution in [0.15, 0.2) is 34.7 Å². The molecule has 1 aromatic carbocycles. The fraction of sp³-hybridized carbons (Fsp3) is 0.0833. The highest BCUT2D eigenvalue weighted by Crippen LogP contribution is 2.26. The van der Waals surface area contributed by atoms with Crippen molar-refractivity contribution in [2.24, 2.45) is 0 Å². The Bertz CT molecular complexity index is 500. The number of halogens is 1. The number of carbonyl (C=O) groups excluding carboxylic acids is 1. The van der Waals surface area contributed by atoms with Crippen molar-refractivity contribution in [1.29, 1.82) is 0 Å². The SMILES string of the molecule is Cc1ccc(-c2ccc([C]=O)o2)cc1Cl. The summed E-state index contributed by atoms with van der Waals surface area (Å²) < 4.78 is 5.23. The Balaban J connectivity index is 2.44. The zero-order chi connectivity index (χ0) is 10.8. The van der Waals surface area contributed by atoms with E-state index < -0.39 is 0 Å². The number of rotatable bonds is 2. The Hall–Kier alpha value is -1.54. The van der Waals surface area contributed by atoms with Crippen molar-refractivity contribution in [3.8, 4) is 11.3 Å². The van der Waals surface area contributed by atoms with Gasteiger partial charge in [0.2, 0.25) is 0 Å². The first-order chi connectivity index (χ1) is 7.20. The van der Waals surface area contributed by atoms with Crippen LogP contribution >= 0.6 is 11.6 Å². The van der Waals surface area contributed by atoms with Gasteiger partial charge in [0, 0.05) is 10.6 Å². The van der Waals surface area contributed by atoms with E-state index >= 15 is 0 Å². The van der Waals surface area contributed by atoms with Gasteiger partial charge in [-0.3, -0.25) is 4.79 Å². The lowest BCUT2D eigenvalue weighted by Gasteiger charge is -2.00. The number of furan rings is 1. The zero-order valence-corrected chi connectivity index (χ0v) is 8.84. The lowest BCUT2D eigenvalue weighted by Crippen LogP contribution is -1.78.